The second-order valence-corrected chi connectivity index (χ2v) is 9.19. The van der Waals surface area contributed by atoms with E-state index in [1.54, 1.807) is 0 Å². The smallest absolute Gasteiger partial charge is 0.410 e. The van der Waals surface area contributed by atoms with Crippen LogP contribution in [0.3, 0.4) is 0 Å². The molecule has 0 spiro atoms. The Hall–Kier alpha value is -0.810. The van der Waals surface area contributed by atoms with Gasteiger partial charge in [0.05, 0.1) is 12.1 Å². The van der Waals surface area contributed by atoms with Gasteiger partial charge in [0.25, 0.3) is 0 Å². The van der Waals surface area contributed by atoms with E-state index in [9.17, 15) is 4.79 Å². The normalized spacial score (nSPS) is 23.1. The van der Waals surface area contributed by atoms with E-state index in [0.717, 1.165) is 77.6 Å². The lowest BCUT2D eigenvalue weighted by Crippen LogP contribution is -2.50. The lowest BCUT2D eigenvalue weighted by atomic mass is 10.0. The Morgan fingerprint density at radius 2 is 1.90 bits per heavy atom. The Morgan fingerprint density at radius 1 is 1.20 bits per heavy atom. The molecule has 30 heavy (non-hydrogen) atoms. The van der Waals surface area contributed by atoms with Crippen molar-refractivity contribution in [2.45, 2.75) is 65.1 Å². The van der Waals surface area contributed by atoms with Crippen molar-refractivity contribution in [2.75, 3.05) is 59.0 Å². The minimum atomic E-state index is -0.438. The maximum Gasteiger partial charge on any atom is 0.410 e. The van der Waals surface area contributed by atoms with Crippen molar-refractivity contribution in [3.63, 3.8) is 0 Å². The van der Waals surface area contributed by atoms with Crippen LogP contribution in [-0.2, 0) is 9.47 Å². The molecule has 0 aromatic heterocycles. The fraction of sp³-hybridized carbons (Fsp3) is 0.905. The molecule has 2 N–H and O–H groups in total. The summed E-state index contributed by atoms with van der Waals surface area (Å²) in [4.78, 5) is 21.1. The van der Waals surface area contributed by atoms with Crippen molar-refractivity contribution in [1.29, 1.82) is 0 Å². The fourth-order valence-electron chi connectivity index (χ4n) is 3.54. The summed E-state index contributed by atoms with van der Waals surface area (Å²) >= 11 is 0. The van der Waals surface area contributed by atoms with Crippen LogP contribution >= 0.6 is 24.0 Å². The predicted molar refractivity (Wildman–Crippen MR) is 132 cm³/mol. The Labute approximate surface area is 199 Å². The molecule has 2 rings (SSSR count). The van der Waals surface area contributed by atoms with Crippen molar-refractivity contribution in [3.8, 4) is 0 Å². The molecule has 0 bridgehead atoms. The van der Waals surface area contributed by atoms with E-state index >= 15 is 0 Å². The van der Waals surface area contributed by atoms with Crippen LogP contribution in [0, 0.1) is 0 Å². The largest absolute Gasteiger partial charge is 0.444 e. The molecule has 2 fully saturated rings. The summed E-state index contributed by atoms with van der Waals surface area (Å²) in [5.41, 5.74) is -0.552. The van der Waals surface area contributed by atoms with E-state index in [-0.39, 0.29) is 35.7 Å². The number of piperazine rings is 1. The number of ether oxygens (including phenoxy) is 2. The molecule has 0 saturated carbocycles. The second kappa shape index (κ2) is 12.9. The van der Waals surface area contributed by atoms with Crippen molar-refractivity contribution >= 4 is 36.0 Å². The van der Waals surface area contributed by atoms with Crippen LogP contribution < -0.4 is 10.6 Å². The number of hydrogen-bond acceptors (Lipinski definition) is 5. The van der Waals surface area contributed by atoms with Crippen molar-refractivity contribution in [1.82, 2.24) is 20.4 Å². The van der Waals surface area contributed by atoms with Gasteiger partial charge < -0.3 is 25.0 Å². The molecule has 2 saturated heterocycles. The molecule has 2 aliphatic rings. The summed E-state index contributed by atoms with van der Waals surface area (Å²) in [5.74, 6) is 0.860. The molecule has 2 aliphatic heterocycles. The summed E-state index contributed by atoms with van der Waals surface area (Å²) in [6.45, 7) is 17.4. The average Bonchev–Trinajstić information content (AvgIpc) is 3.09. The van der Waals surface area contributed by atoms with E-state index in [2.05, 4.69) is 29.4 Å². The molecule has 0 aromatic rings. The first-order valence-corrected chi connectivity index (χ1v) is 11.1. The highest BCUT2D eigenvalue weighted by Gasteiger charge is 2.29. The maximum atomic E-state index is 12.1. The number of amides is 1. The van der Waals surface area contributed by atoms with Crippen LogP contribution in [0.2, 0.25) is 0 Å². The number of rotatable bonds is 7. The van der Waals surface area contributed by atoms with Gasteiger partial charge in [-0.15, -0.1) is 24.0 Å². The highest BCUT2D eigenvalue weighted by molar-refractivity contribution is 14.0. The number of hydrogen-bond donors (Lipinski definition) is 2. The third-order valence-corrected chi connectivity index (χ3v) is 5.18. The van der Waals surface area contributed by atoms with Gasteiger partial charge in [-0.25, -0.2) is 4.79 Å². The van der Waals surface area contributed by atoms with Gasteiger partial charge in [-0.05, 0) is 60.4 Å². The summed E-state index contributed by atoms with van der Waals surface area (Å²) in [7, 11) is 0. The third-order valence-electron chi connectivity index (χ3n) is 5.18. The van der Waals surface area contributed by atoms with E-state index in [4.69, 9.17) is 14.5 Å². The molecule has 9 heteroatoms. The van der Waals surface area contributed by atoms with Crippen LogP contribution in [0.4, 0.5) is 4.79 Å². The predicted octanol–water partition coefficient (Wildman–Crippen LogP) is 2.67. The zero-order chi connectivity index (χ0) is 21.3. The standard InChI is InChI=1S/C21H41N5O3.HI/c1-6-22-18(24-17-21(5)9-7-16-28-21)23-10-8-11-25-12-14-26(15-13-25)19(27)29-20(2,3)4;/h6-17H2,1-5H3,(H2,22,23,24);1H. The number of guanidine groups is 1. The minimum absolute atomic E-state index is 0. The van der Waals surface area contributed by atoms with Gasteiger partial charge in [-0.1, -0.05) is 0 Å². The zero-order valence-corrected chi connectivity index (χ0v) is 21.8. The lowest BCUT2D eigenvalue weighted by Gasteiger charge is -2.35. The molecule has 2 heterocycles. The first-order chi connectivity index (χ1) is 13.7. The molecule has 1 unspecified atom stereocenters. The van der Waals surface area contributed by atoms with Crippen molar-refractivity contribution in [2.24, 2.45) is 4.99 Å². The summed E-state index contributed by atoms with van der Waals surface area (Å²) < 4.78 is 11.3. The van der Waals surface area contributed by atoms with E-state index in [0.29, 0.717) is 6.54 Å². The summed E-state index contributed by atoms with van der Waals surface area (Å²) in [6, 6.07) is 0. The lowest BCUT2D eigenvalue weighted by molar-refractivity contribution is 0.0145. The van der Waals surface area contributed by atoms with Gasteiger partial charge in [-0.2, -0.15) is 0 Å². The van der Waals surface area contributed by atoms with E-state index < -0.39 is 5.60 Å². The molecule has 176 valence electrons. The van der Waals surface area contributed by atoms with E-state index in [1.807, 2.05) is 25.7 Å². The van der Waals surface area contributed by atoms with Crippen LogP contribution in [0.25, 0.3) is 0 Å². The first kappa shape index (κ1) is 27.2. The topological polar surface area (TPSA) is 78.4 Å². The SMILES string of the molecule is CCNC(=NCC1(C)CCCO1)NCCCN1CCN(C(=O)OC(C)(C)C)CC1.I. The Morgan fingerprint density at radius 3 is 2.47 bits per heavy atom. The number of aliphatic imine (C=N–C) groups is 1. The van der Waals surface area contributed by atoms with Gasteiger partial charge in [0.2, 0.25) is 0 Å². The van der Waals surface area contributed by atoms with Gasteiger partial charge in [-0.3, -0.25) is 9.89 Å². The minimum Gasteiger partial charge on any atom is -0.444 e. The van der Waals surface area contributed by atoms with Gasteiger partial charge in [0.15, 0.2) is 5.96 Å². The fourth-order valence-corrected chi connectivity index (χ4v) is 3.54. The van der Waals surface area contributed by atoms with Gasteiger partial charge in [0.1, 0.15) is 5.60 Å². The molecule has 8 nitrogen and oxygen atoms in total. The highest BCUT2D eigenvalue weighted by atomic mass is 127. The van der Waals surface area contributed by atoms with Gasteiger partial charge >= 0.3 is 6.09 Å². The number of carbonyl (C=O) groups excluding carboxylic acids is 1. The molecule has 0 aliphatic carbocycles. The molecule has 1 amide bonds. The quantitative estimate of drug-likeness (QED) is 0.224. The number of nitrogens with one attached hydrogen (secondary N) is 2. The maximum absolute atomic E-state index is 12.1. The van der Waals surface area contributed by atoms with Crippen LogP contribution in [-0.4, -0.2) is 92.0 Å². The van der Waals surface area contributed by atoms with Gasteiger partial charge in [0, 0.05) is 45.9 Å². The van der Waals surface area contributed by atoms with Crippen molar-refractivity contribution in [3.05, 3.63) is 0 Å². The number of halogens is 1. The molecule has 0 aromatic carbocycles. The Kier molecular flexibility index (Phi) is 11.7. The Bertz CT molecular complexity index is 539. The molecule has 1 atom stereocenters. The Balaban J connectivity index is 0.00000450. The van der Waals surface area contributed by atoms with Crippen LogP contribution in [0.15, 0.2) is 4.99 Å². The highest BCUT2D eigenvalue weighted by Crippen LogP contribution is 2.25. The molecular formula is C21H42IN5O3. The van der Waals surface area contributed by atoms with Crippen LogP contribution in [0.1, 0.15) is 53.9 Å². The second-order valence-electron chi connectivity index (χ2n) is 9.19. The zero-order valence-electron chi connectivity index (χ0n) is 19.5. The first-order valence-electron chi connectivity index (χ1n) is 11.1. The summed E-state index contributed by atoms with van der Waals surface area (Å²) in [6.07, 6.45) is 3.03. The summed E-state index contributed by atoms with van der Waals surface area (Å²) in [5, 5.41) is 6.74. The molecule has 0 radical (unpaired) electrons. The third kappa shape index (κ3) is 10.00. The number of carbonyl (C=O) groups is 1. The monoisotopic (exact) mass is 539 g/mol. The number of nitrogens with zero attached hydrogens (tertiary/aromatic N) is 3. The average molecular weight is 540 g/mol. The molecular weight excluding hydrogens is 497 g/mol. The van der Waals surface area contributed by atoms with Crippen LogP contribution in [0.5, 0.6) is 0 Å². The van der Waals surface area contributed by atoms with E-state index in [1.165, 1.54) is 0 Å². The van der Waals surface area contributed by atoms with Crippen molar-refractivity contribution < 1.29 is 14.3 Å².